The summed E-state index contributed by atoms with van der Waals surface area (Å²) in [6.07, 6.45) is 1.75. The Hall–Kier alpha value is -3.18. The zero-order valence-corrected chi connectivity index (χ0v) is 16.9. The van der Waals surface area contributed by atoms with E-state index in [2.05, 4.69) is 0 Å². The van der Waals surface area contributed by atoms with Crippen molar-refractivity contribution in [2.24, 2.45) is 12.8 Å². The first-order valence-electron chi connectivity index (χ1n) is 9.12. The topological polar surface area (TPSA) is 82.2 Å². The number of aromatic nitrogens is 1. The van der Waals surface area contributed by atoms with E-state index >= 15 is 0 Å². The maximum atomic E-state index is 13.0. The number of carbonyl (C=O) groups is 2. The van der Waals surface area contributed by atoms with E-state index in [1.165, 1.54) is 10.6 Å². The SMILES string of the molecule is Cc1cc(Cl)ccc1C(CC(=O)c1ccc(=O)n(C)c1)c1ccc(C(N)=O)cc1. The van der Waals surface area contributed by atoms with E-state index < -0.39 is 5.91 Å². The maximum Gasteiger partial charge on any atom is 0.250 e. The molecule has 1 amide bonds. The van der Waals surface area contributed by atoms with Crippen molar-refractivity contribution in [2.75, 3.05) is 0 Å². The second kappa shape index (κ2) is 8.45. The van der Waals surface area contributed by atoms with Gasteiger partial charge in [0.05, 0.1) is 0 Å². The van der Waals surface area contributed by atoms with Crippen molar-refractivity contribution in [1.29, 1.82) is 0 Å². The Morgan fingerprint density at radius 2 is 1.69 bits per heavy atom. The second-order valence-corrected chi connectivity index (χ2v) is 7.47. The van der Waals surface area contributed by atoms with Crippen LogP contribution < -0.4 is 11.3 Å². The number of nitrogens with zero attached hydrogens (tertiary/aromatic N) is 1. The van der Waals surface area contributed by atoms with E-state index in [4.69, 9.17) is 17.3 Å². The summed E-state index contributed by atoms with van der Waals surface area (Å²) in [4.78, 5) is 36.0. The molecule has 0 aliphatic carbocycles. The number of pyridine rings is 1. The lowest BCUT2D eigenvalue weighted by atomic mass is 9.83. The van der Waals surface area contributed by atoms with Crippen molar-refractivity contribution in [2.45, 2.75) is 19.3 Å². The molecule has 3 aromatic rings. The van der Waals surface area contributed by atoms with Gasteiger partial charge >= 0.3 is 0 Å². The Morgan fingerprint density at radius 1 is 1.03 bits per heavy atom. The van der Waals surface area contributed by atoms with Gasteiger partial charge in [-0.2, -0.15) is 0 Å². The van der Waals surface area contributed by atoms with Crippen LogP contribution in [0.3, 0.4) is 0 Å². The largest absolute Gasteiger partial charge is 0.366 e. The second-order valence-electron chi connectivity index (χ2n) is 7.03. The van der Waals surface area contributed by atoms with Gasteiger partial charge in [-0.15, -0.1) is 0 Å². The molecule has 0 aliphatic heterocycles. The van der Waals surface area contributed by atoms with E-state index in [-0.39, 0.29) is 23.7 Å². The number of Topliss-reactive ketones (excluding diaryl/α,β-unsaturated/α-hetero) is 1. The van der Waals surface area contributed by atoms with Crippen molar-refractivity contribution >= 4 is 23.3 Å². The molecule has 2 aromatic carbocycles. The summed E-state index contributed by atoms with van der Waals surface area (Å²) in [5.41, 5.74) is 8.87. The van der Waals surface area contributed by atoms with E-state index in [9.17, 15) is 14.4 Å². The molecular formula is C23H21ClN2O3. The van der Waals surface area contributed by atoms with Crippen LogP contribution >= 0.6 is 11.6 Å². The number of hydrogen-bond donors (Lipinski definition) is 1. The molecule has 0 saturated carbocycles. The van der Waals surface area contributed by atoms with Gasteiger partial charge in [-0.1, -0.05) is 29.8 Å². The lowest BCUT2D eigenvalue weighted by Crippen LogP contribution is -2.18. The van der Waals surface area contributed by atoms with Crippen molar-refractivity contribution in [3.8, 4) is 0 Å². The number of rotatable bonds is 6. The van der Waals surface area contributed by atoms with E-state index in [0.717, 1.165) is 16.7 Å². The first-order valence-corrected chi connectivity index (χ1v) is 9.49. The number of benzene rings is 2. The van der Waals surface area contributed by atoms with Gasteiger partial charge in [-0.05, 0) is 53.9 Å². The minimum Gasteiger partial charge on any atom is -0.366 e. The monoisotopic (exact) mass is 408 g/mol. The van der Waals surface area contributed by atoms with Crippen LogP contribution in [0.15, 0.2) is 65.6 Å². The molecule has 0 aliphatic rings. The van der Waals surface area contributed by atoms with Crippen LogP contribution in [0.5, 0.6) is 0 Å². The summed E-state index contributed by atoms with van der Waals surface area (Å²) in [6.45, 7) is 1.95. The van der Waals surface area contributed by atoms with Crippen molar-refractivity contribution in [1.82, 2.24) is 4.57 Å². The predicted octanol–water partition coefficient (Wildman–Crippen LogP) is 3.85. The Balaban J connectivity index is 2.02. The summed E-state index contributed by atoms with van der Waals surface area (Å²) in [5.74, 6) is -0.824. The Morgan fingerprint density at radius 3 is 2.28 bits per heavy atom. The molecule has 3 rings (SSSR count). The highest BCUT2D eigenvalue weighted by atomic mass is 35.5. The fourth-order valence-corrected chi connectivity index (χ4v) is 3.61. The molecule has 148 valence electrons. The van der Waals surface area contributed by atoms with Gasteiger partial charge < -0.3 is 10.3 Å². The first kappa shape index (κ1) is 20.6. The Kier molecular flexibility index (Phi) is 5.99. The summed E-state index contributed by atoms with van der Waals surface area (Å²) in [6, 6.07) is 15.4. The van der Waals surface area contributed by atoms with Crippen LogP contribution in [-0.2, 0) is 7.05 Å². The van der Waals surface area contributed by atoms with Gasteiger partial charge in [0.1, 0.15) is 0 Å². The number of carbonyl (C=O) groups excluding carboxylic acids is 2. The average molecular weight is 409 g/mol. The van der Waals surface area contributed by atoms with Crippen molar-refractivity contribution in [3.63, 3.8) is 0 Å². The normalized spacial score (nSPS) is 11.8. The number of hydrogen-bond acceptors (Lipinski definition) is 3. The van der Waals surface area contributed by atoms with Gasteiger partial charge in [-0.3, -0.25) is 14.4 Å². The van der Waals surface area contributed by atoms with E-state index in [0.29, 0.717) is 16.1 Å². The number of halogens is 1. The van der Waals surface area contributed by atoms with Crippen LogP contribution in [0.2, 0.25) is 5.02 Å². The van der Waals surface area contributed by atoms with Crippen LogP contribution in [0.1, 0.15) is 49.7 Å². The van der Waals surface area contributed by atoms with Gasteiger partial charge in [0, 0.05) is 47.8 Å². The third kappa shape index (κ3) is 4.63. The average Bonchev–Trinajstić information content (AvgIpc) is 2.68. The van der Waals surface area contributed by atoms with Crippen LogP contribution in [0.4, 0.5) is 0 Å². The van der Waals surface area contributed by atoms with Crippen molar-refractivity contribution in [3.05, 3.63) is 104 Å². The number of primary amides is 1. The summed E-state index contributed by atoms with van der Waals surface area (Å²) in [5, 5.41) is 0.624. The molecule has 0 saturated heterocycles. The van der Waals surface area contributed by atoms with E-state index in [1.54, 1.807) is 37.5 Å². The van der Waals surface area contributed by atoms with E-state index in [1.807, 2.05) is 31.2 Å². The summed E-state index contributed by atoms with van der Waals surface area (Å²) in [7, 11) is 1.61. The zero-order valence-electron chi connectivity index (χ0n) is 16.2. The van der Waals surface area contributed by atoms with Crippen LogP contribution in [0.25, 0.3) is 0 Å². The minimum absolute atomic E-state index is 0.0843. The molecule has 0 bridgehead atoms. The molecule has 2 N–H and O–H groups in total. The number of aryl methyl sites for hydroxylation is 2. The van der Waals surface area contributed by atoms with Crippen LogP contribution in [-0.4, -0.2) is 16.3 Å². The van der Waals surface area contributed by atoms with Crippen molar-refractivity contribution < 1.29 is 9.59 Å². The Bertz CT molecular complexity index is 1130. The predicted molar refractivity (Wildman–Crippen MR) is 114 cm³/mol. The molecule has 0 fully saturated rings. The number of nitrogens with two attached hydrogens (primary N) is 1. The minimum atomic E-state index is -0.503. The standard InChI is InChI=1S/C23H21ClN2O3/c1-14-11-18(24)8-9-19(14)20(15-3-5-16(6-4-15)23(25)29)12-21(27)17-7-10-22(28)26(2)13-17/h3-11,13,20H,12H2,1-2H3,(H2,25,29). The van der Waals surface area contributed by atoms with Gasteiger partial charge in [0.25, 0.3) is 0 Å². The molecule has 1 unspecified atom stereocenters. The highest BCUT2D eigenvalue weighted by Crippen LogP contribution is 2.33. The maximum absolute atomic E-state index is 13.0. The molecule has 1 atom stereocenters. The molecule has 5 nitrogen and oxygen atoms in total. The fourth-order valence-electron chi connectivity index (χ4n) is 3.38. The summed E-state index contributed by atoms with van der Waals surface area (Å²) < 4.78 is 1.39. The smallest absolute Gasteiger partial charge is 0.250 e. The fraction of sp³-hybridized carbons (Fsp3) is 0.174. The highest BCUT2D eigenvalue weighted by Gasteiger charge is 2.21. The zero-order chi connectivity index (χ0) is 21.1. The van der Waals surface area contributed by atoms with Gasteiger partial charge in [0.15, 0.2) is 5.78 Å². The van der Waals surface area contributed by atoms with Gasteiger partial charge in [-0.25, -0.2) is 0 Å². The van der Waals surface area contributed by atoms with Gasteiger partial charge in [0.2, 0.25) is 11.5 Å². The molecule has 1 heterocycles. The molecule has 1 aromatic heterocycles. The molecule has 6 heteroatoms. The lowest BCUT2D eigenvalue weighted by molar-refractivity contribution is 0.0973. The molecule has 0 spiro atoms. The highest BCUT2D eigenvalue weighted by molar-refractivity contribution is 6.30. The Labute approximate surface area is 173 Å². The third-order valence-electron chi connectivity index (χ3n) is 5.00. The number of ketones is 1. The third-order valence-corrected chi connectivity index (χ3v) is 5.24. The molecular weight excluding hydrogens is 388 g/mol. The molecule has 29 heavy (non-hydrogen) atoms. The van der Waals surface area contributed by atoms with Crippen LogP contribution in [0, 0.1) is 6.92 Å². The number of amides is 1. The molecule has 0 radical (unpaired) electrons. The quantitative estimate of drug-likeness (QED) is 0.629. The lowest BCUT2D eigenvalue weighted by Gasteiger charge is -2.20. The summed E-state index contributed by atoms with van der Waals surface area (Å²) >= 11 is 6.11. The first-order chi connectivity index (χ1) is 13.8.